The van der Waals surface area contributed by atoms with Gasteiger partial charge in [-0.25, -0.2) is 0 Å². The summed E-state index contributed by atoms with van der Waals surface area (Å²) in [7, 11) is 0. The Kier molecular flexibility index (Phi) is 3.51. The number of ether oxygens (including phenoxy) is 2. The van der Waals surface area contributed by atoms with Gasteiger partial charge in [0.25, 0.3) is 0 Å². The highest BCUT2D eigenvalue weighted by Crippen LogP contribution is 2.10. The number of hydrogen-bond acceptors (Lipinski definition) is 4. The number of hydrogen-bond donors (Lipinski definition) is 2. The van der Waals surface area contributed by atoms with E-state index in [0.717, 1.165) is 6.42 Å². The van der Waals surface area contributed by atoms with Gasteiger partial charge in [0.15, 0.2) is 6.29 Å². The molecule has 1 aliphatic heterocycles. The molecular formula is C7H12O4. The second-order valence-corrected chi connectivity index (χ2v) is 2.31. The van der Waals surface area contributed by atoms with E-state index in [1.54, 1.807) is 6.08 Å². The second kappa shape index (κ2) is 4.46. The lowest BCUT2D eigenvalue weighted by Gasteiger charge is -2.21. The predicted molar refractivity (Wildman–Crippen MR) is 37.7 cm³/mol. The van der Waals surface area contributed by atoms with Crippen molar-refractivity contribution in [3.05, 3.63) is 12.2 Å². The molecule has 64 valence electrons. The number of aliphatic hydroxyl groups is 2. The van der Waals surface area contributed by atoms with Crippen LogP contribution < -0.4 is 0 Å². The van der Waals surface area contributed by atoms with Gasteiger partial charge in [-0.2, -0.15) is 0 Å². The highest BCUT2D eigenvalue weighted by molar-refractivity contribution is 4.91. The summed E-state index contributed by atoms with van der Waals surface area (Å²) in [5.74, 6) is 0. The zero-order valence-electron chi connectivity index (χ0n) is 6.14. The van der Waals surface area contributed by atoms with Crippen LogP contribution in [0.3, 0.4) is 0 Å². The third kappa shape index (κ3) is 2.98. The van der Waals surface area contributed by atoms with Gasteiger partial charge in [-0.15, -0.1) is 0 Å². The third-order valence-electron chi connectivity index (χ3n) is 1.43. The lowest BCUT2D eigenvalue weighted by molar-refractivity contribution is -0.142. The van der Waals surface area contributed by atoms with Crippen molar-refractivity contribution in [1.82, 2.24) is 0 Å². The van der Waals surface area contributed by atoms with Crippen molar-refractivity contribution in [2.75, 3.05) is 13.4 Å². The summed E-state index contributed by atoms with van der Waals surface area (Å²) in [6.07, 6.45) is 3.17. The Labute approximate surface area is 65.0 Å². The Morgan fingerprint density at radius 1 is 1.64 bits per heavy atom. The fraction of sp³-hybridized carbons (Fsp3) is 0.714. The van der Waals surface area contributed by atoms with Crippen LogP contribution in [0.1, 0.15) is 6.42 Å². The Morgan fingerprint density at radius 3 is 3.09 bits per heavy atom. The van der Waals surface area contributed by atoms with E-state index in [-0.39, 0.29) is 12.9 Å². The van der Waals surface area contributed by atoms with Crippen LogP contribution in [0.15, 0.2) is 12.2 Å². The number of aliphatic hydroxyl groups excluding tert-OH is 2. The van der Waals surface area contributed by atoms with E-state index in [2.05, 4.69) is 0 Å². The topological polar surface area (TPSA) is 58.9 Å². The fourth-order valence-corrected chi connectivity index (χ4v) is 0.936. The van der Waals surface area contributed by atoms with Gasteiger partial charge in [0, 0.05) is 0 Å². The summed E-state index contributed by atoms with van der Waals surface area (Å²) < 4.78 is 9.73. The molecule has 2 atom stereocenters. The first-order chi connectivity index (χ1) is 5.33. The van der Waals surface area contributed by atoms with E-state index < -0.39 is 6.29 Å². The summed E-state index contributed by atoms with van der Waals surface area (Å²) in [5, 5.41) is 17.3. The van der Waals surface area contributed by atoms with Crippen LogP contribution in [0.25, 0.3) is 0 Å². The molecule has 0 aromatic carbocycles. The molecule has 0 saturated heterocycles. The first kappa shape index (κ1) is 8.67. The van der Waals surface area contributed by atoms with E-state index in [0.29, 0.717) is 6.61 Å². The summed E-state index contributed by atoms with van der Waals surface area (Å²) in [6.45, 7) is 0.0115. The van der Waals surface area contributed by atoms with Crippen molar-refractivity contribution in [2.24, 2.45) is 0 Å². The molecule has 0 aromatic heterocycles. The first-order valence-electron chi connectivity index (χ1n) is 3.51. The van der Waals surface area contributed by atoms with Gasteiger partial charge in [0.05, 0.1) is 12.7 Å². The average molecular weight is 160 g/mol. The van der Waals surface area contributed by atoms with Gasteiger partial charge >= 0.3 is 0 Å². The monoisotopic (exact) mass is 160 g/mol. The maximum Gasteiger partial charge on any atom is 0.174 e. The van der Waals surface area contributed by atoms with Crippen molar-refractivity contribution < 1.29 is 19.7 Å². The van der Waals surface area contributed by atoms with Gasteiger partial charge < -0.3 is 19.7 Å². The molecule has 1 heterocycles. The van der Waals surface area contributed by atoms with E-state index >= 15 is 0 Å². The van der Waals surface area contributed by atoms with E-state index in [1.165, 1.54) is 0 Å². The zero-order valence-corrected chi connectivity index (χ0v) is 6.14. The van der Waals surface area contributed by atoms with Crippen LogP contribution >= 0.6 is 0 Å². The minimum atomic E-state index is -0.823. The molecular weight excluding hydrogens is 148 g/mol. The molecule has 0 aliphatic carbocycles. The van der Waals surface area contributed by atoms with Crippen LogP contribution in [-0.2, 0) is 9.47 Å². The van der Waals surface area contributed by atoms with Crippen molar-refractivity contribution >= 4 is 0 Å². The minimum absolute atomic E-state index is 0.137. The third-order valence-corrected chi connectivity index (χ3v) is 1.43. The molecule has 4 nitrogen and oxygen atoms in total. The Balaban J connectivity index is 2.20. The van der Waals surface area contributed by atoms with Crippen LogP contribution in [-0.4, -0.2) is 36.0 Å². The molecule has 2 N–H and O–H groups in total. The van der Waals surface area contributed by atoms with Crippen molar-refractivity contribution in [3.63, 3.8) is 0 Å². The summed E-state index contributed by atoms with van der Waals surface area (Å²) >= 11 is 0. The number of rotatable bonds is 3. The molecule has 2 unspecified atom stereocenters. The molecule has 4 heteroatoms. The highest BCUT2D eigenvalue weighted by Gasteiger charge is 2.15. The van der Waals surface area contributed by atoms with Crippen molar-refractivity contribution in [3.8, 4) is 0 Å². The normalized spacial score (nSPS) is 30.7. The largest absolute Gasteiger partial charge is 0.371 e. The summed E-state index contributed by atoms with van der Waals surface area (Å²) in [6, 6.07) is 0. The second-order valence-electron chi connectivity index (χ2n) is 2.31. The minimum Gasteiger partial charge on any atom is -0.371 e. The van der Waals surface area contributed by atoms with E-state index in [4.69, 9.17) is 19.7 Å². The fourth-order valence-electron chi connectivity index (χ4n) is 0.936. The standard InChI is InChI=1S/C7H12O4/c8-5-10-4-6-2-1-3-7(9)11-6/h1,3,6-9H,2,4-5H2. The van der Waals surface area contributed by atoms with Gasteiger partial charge in [-0.3, -0.25) is 0 Å². The van der Waals surface area contributed by atoms with Crippen molar-refractivity contribution in [2.45, 2.75) is 18.8 Å². The molecule has 11 heavy (non-hydrogen) atoms. The van der Waals surface area contributed by atoms with Crippen LogP contribution in [0.5, 0.6) is 0 Å². The molecule has 0 spiro atoms. The zero-order chi connectivity index (χ0) is 8.10. The Hall–Kier alpha value is -0.420. The molecule has 0 amide bonds. The Bertz CT molecular complexity index is 134. The molecule has 0 aromatic rings. The molecule has 0 radical (unpaired) electrons. The van der Waals surface area contributed by atoms with Gasteiger partial charge in [-0.1, -0.05) is 6.08 Å². The van der Waals surface area contributed by atoms with Gasteiger partial charge in [0.2, 0.25) is 0 Å². The van der Waals surface area contributed by atoms with Gasteiger partial charge in [0.1, 0.15) is 6.79 Å². The van der Waals surface area contributed by atoms with E-state index in [1.807, 2.05) is 6.08 Å². The summed E-state index contributed by atoms with van der Waals surface area (Å²) in [5.41, 5.74) is 0. The van der Waals surface area contributed by atoms with E-state index in [9.17, 15) is 0 Å². The average Bonchev–Trinajstić information content (AvgIpc) is 2.01. The highest BCUT2D eigenvalue weighted by atomic mass is 16.6. The smallest absolute Gasteiger partial charge is 0.174 e. The maximum absolute atomic E-state index is 8.95. The lowest BCUT2D eigenvalue weighted by Crippen LogP contribution is -2.27. The lowest BCUT2D eigenvalue weighted by atomic mass is 10.2. The molecule has 0 saturated carbocycles. The quantitative estimate of drug-likeness (QED) is 0.436. The SMILES string of the molecule is OCOCC1CC=CC(O)O1. The molecule has 1 rings (SSSR count). The van der Waals surface area contributed by atoms with Crippen LogP contribution in [0.4, 0.5) is 0 Å². The maximum atomic E-state index is 8.95. The summed E-state index contributed by atoms with van der Waals surface area (Å²) in [4.78, 5) is 0. The Morgan fingerprint density at radius 2 is 2.45 bits per heavy atom. The predicted octanol–water partition coefficient (Wildman–Crippen LogP) is -0.384. The first-order valence-corrected chi connectivity index (χ1v) is 3.51. The van der Waals surface area contributed by atoms with Crippen LogP contribution in [0, 0.1) is 0 Å². The van der Waals surface area contributed by atoms with Crippen LogP contribution in [0.2, 0.25) is 0 Å². The molecule has 0 bridgehead atoms. The molecule has 0 fully saturated rings. The molecule has 1 aliphatic rings. The van der Waals surface area contributed by atoms with Crippen molar-refractivity contribution in [1.29, 1.82) is 0 Å². The van der Waals surface area contributed by atoms with Gasteiger partial charge in [-0.05, 0) is 12.5 Å².